The Morgan fingerprint density at radius 2 is 2.04 bits per heavy atom. The molecule has 0 aliphatic carbocycles. The number of carbonyl (C=O) groups is 1. The Labute approximate surface area is 139 Å². The Kier molecular flexibility index (Phi) is 6.05. The van der Waals surface area contributed by atoms with E-state index in [9.17, 15) is 4.79 Å². The second-order valence-corrected chi connectivity index (χ2v) is 5.35. The molecule has 120 valence electrons. The van der Waals surface area contributed by atoms with E-state index in [4.69, 9.17) is 9.47 Å². The number of methoxy groups -OCH3 is 2. The van der Waals surface area contributed by atoms with Crippen LogP contribution < -0.4 is 14.8 Å². The number of aromatic nitrogens is 1. The van der Waals surface area contributed by atoms with Crippen LogP contribution in [-0.4, -0.2) is 31.4 Å². The minimum Gasteiger partial charge on any atom is -0.497 e. The highest BCUT2D eigenvalue weighted by Gasteiger charge is 2.04. The van der Waals surface area contributed by atoms with E-state index >= 15 is 0 Å². The third-order valence-corrected chi connectivity index (χ3v) is 3.72. The number of thioether (sulfide) groups is 1. The number of nitrogens with one attached hydrogen (secondary N) is 1. The molecule has 0 aliphatic rings. The van der Waals surface area contributed by atoms with Crippen molar-refractivity contribution in [3.8, 4) is 11.5 Å². The van der Waals surface area contributed by atoms with Crippen molar-refractivity contribution < 1.29 is 14.3 Å². The molecule has 23 heavy (non-hydrogen) atoms. The van der Waals surface area contributed by atoms with E-state index in [1.54, 1.807) is 56.5 Å². The van der Waals surface area contributed by atoms with Crippen LogP contribution in [-0.2, 0) is 4.79 Å². The Morgan fingerprint density at radius 1 is 1.22 bits per heavy atom. The fraction of sp³-hybridized carbons (Fsp3) is 0.176. The number of anilines is 1. The highest BCUT2D eigenvalue weighted by molar-refractivity contribution is 7.98. The second kappa shape index (κ2) is 8.24. The average molecular weight is 330 g/mol. The van der Waals surface area contributed by atoms with E-state index in [0.717, 1.165) is 10.6 Å². The van der Waals surface area contributed by atoms with Crippen LogP contribution in [0.1, 0.15) is 5.56 Å². The van der Waals surface area contributed by atoms with Gasteiger partial charge in [-0.2, -0.15) is 0 Å². The first-order chi connectivity index (χ1) is 11.2. The number of amides is 1. The smallest absolute Gasteiger partial charge is 0.248 e. The van der Waals surface area contributed by atoms with Gasteiger partial charge in [0.25, 0.3) is 0 Å². The molecule has 0 spiro atoms. The molecule has 0 saturated heterocycles. The molecule has 0 atom stereocenters. The van der Waals surface area contributed by atoms with Crippen molar-refractivity contribution in [3.63, 3.8) is 0 Å². The summed E-state index contributed by atoms with van der Waals surface area (Å²) in [7, 11) is 3.17. The number of carbonyl (C=O) groups excluding carboxylic acids is 1. The van der Waals surface area contributed by atoms with Crippen molar-refractivity contribution in [2.45, 2.75) is 5.03 Å². The monoisotopic (exact) mass is 330 g/mol. The summed E-state index contributed by atoms with van der Waals surface area (Å²) in [6.07, 6.45) is 6.70. The highest BCUT2D eigenvalue weighted by Crippen LogP contribution is 2.25. The van der Waals surface area contributed by atoms with Crippen LogP contribution in [0, 0.1) is 0 Å². The molecule has 6 heteroatoms. The van der Waals surface area contributed by atoms with E-state index in [1.807, 2.05) is 18.4 Å². The lowest BCUT2D eigenvalue weighted by Crippen LogP contribution is -2.07. The highest BCUT2D eigenvalue weighted by atomic mass is 32.2. The SMILES string of the molecule is COc1ccc(OC)c(/C=C/C(=O)Nc2ccc(SC)nc2)c1. The predicted molar refractivity (Wildman–Crippen MR) is 93.2 cm³/mol. The molecule has 0 saturated carbocycles. The van der Waals surface area contributed by atoms with Crippen LogP contribution in [0.2, 0.25) is 0 Å². The summed E-state index contributed by atoms with van der Waals surface area (Å²) >= 11 is 1.55. The first-order valence-corrected chi connectivity index (χ1v) is 8.10. The van der Waals surface area contributed by atoms with Crippen LogP contribution in [0.4, 0.5) is 5.69 Å². The molecule has 0 fully saturated rings. The number of hydrogen-bond donors (Lipinski definition) is 1. The molecular weight excluding hydrogens is 312 g/mol. The van der Waals surface area contributed by atoms with Gasteiger partial charge >= 0.3 is 0 Å². The van der Waals surface area contributed by atoms with Gasteiger partial charge in [-0.15, -0.1) is 11.8 Å². The molecule has 1 aromatic heterocycles. The number of benzene rings is 1. The molecule has 1 amide bonds. The largest absolute Gasteiger partial charge is 0.497 e. The zero-order valence-corrected chi connectivity index (χ0v) is 14.0. The van der Waals surface area contributed by atoms with Crippen molar-refractivity contribution in [3.05, 3.63) is 48.2 Å². The fourth-order valence-electron chi connectivity index (χ4n) is 1.89. The summed E-state index contributed by atoms with van der Waals surface area (Å²) in [5.41, 5.74) is 1.41. The Bertz CT molecular complexity index is 699. The topological polar surface area (TPSA) is 60.5 Å². The van der Waals surface area contributed by atoms with Crippen LogP contribution in [0.5, 0.6) is 11.5 Å². The molecule has 1 heterocycles. The minimum absolute atomic E-state index is 0.242. The zero-order chi connectivity index (χ0) is 16.7. The van der Waals surface area contributed by atoms with Crippen molar-refractivity contribution >= 4 is 29.4 Å². The number of nitrogens with zero attached hydrogens (tertiary/aromatic N) is 1. The van der Waals surface area contributed by atoms with Gasteiger partial charge < -0.3 is 14.8 Å². The number of rotatable bonds is 6. The first kappa shape index (κ1) is 16.9. The summed E-state index contributed by atoms with van der Waals surface area (Å²) in [4.78, 5) is 16.2. The van der Waals surface area contributed by atoms with Crippen molar-refractivity contribution in [1.29, 1.82) is 0 Å². The van der Waals surface area contributed by atoms with Gasteiger partial charge in [0.05, 0.1) is 31.1 Å². The van der Waals surface area contributed by atoms with Gasteiger partial charge in [0.15, 0.2) is 0 Å². The normalized spacial score (nSPS) is 10.6. The molecule has 5 nitrogen and oxygen atoms in total. The summed E-state index contributed by atoms with van der Waals surface area (Å²) in [5.74, 6) is 1.12. The minimum atomic E-state index is -0.242. The third-order valence-electron chi connectivity index (χ3n) is 3.06. The molecular formula is C17H18N2O3S. The van der Waals surface area contributed by atoms with E-state index in [-0.39, 0.29) is 5.91 Å². The van der Waals surface area contributed by atoms with Gasteiger partial charge in [-0.1, -0.05) is 0 Å². The lowest BCUT2D eigenvalue weighted by atomic mass is 10.1. The van der Waals surface area contributed by atoms with Crippen LogP contribution in [0.15, 0.2) is 47.6 Å². The third kappa shape index (κ3) is 4.75. The average Bonchev–Trinajstić information content (AvgIpc) is 2.60. The zero-order valence-electron chi connectivity index (χ0n) is 13.2. The van der Waals surface area contributed by atoms with Gasteiger partial charge in [0.1, 0.15) is 11.5 Å². The molecule has 2 aromatic rings. The molecule has 0 bridgehead atoms. The molecule has 0 unspecified atom stereocenters. The summed E-state index contributed by atoms with van der Waals surface area (Å²) in [6, 6.07) is 9.07. The molecule has 1 aromatic carbocycles. The van der Waals surface area contributed by atoms with Gasteiger partial charge in [-0.05, 0) is 42.7 Å². The molecule has 2 rings (SSSR count). The van der Waals surface area contributed by atoms with Crippen LogP contribution in [0.25, 0.3) is 6.08 Å². The maximum atomic E-state index is 12.0. The van der Waals surface area contributed by atoms with Gasteiger partial charge in [0.2, 0.25) is 5.91 Å². The Balaban J connectivity index is 2.08. The molecule has 1 N–H and O–H groups in total. The van der Waals surface area contributed by atoms with E-state index in [0.29, 0.717) is 17.2 Å². The molecule has 0 radical (unpaired) electrons. The number of hydrogen-bond acceptors (Lipinski definition) is 5. The first-order valence-electron chi connectivity index (χ1n) is 6.87. The standard InChI is InChI=1S/C17H18N2O3S/c1-21-14-6-7-15(22-2)12(10-14)4-8-16(20)19-13-5-9-17(23-3)18-11-13/h4-11H,1-3H3,(H,19,20)/b8-4+. The predicted octanol–water partition coefficient (Wildman–Crippen LogP) is 3.47. The fourth-order valence-corrected chi connectivity index (χ4v) is 2.26. The maximum Gasteiger partial charge on any atom is 0.248 e. The van der Waals surface area contributed by atoms with Crippen LogP contribution >= 0.6 is 11.8 Å². The lowest BCUT2D eigenvalue weighted by molar-refractivity contribution is -0.111. The maximum absolute atomic E-state index is 12.0. The van der Waals surface area contributed by atoms with Crippen LogP contribution in [0.3, 0.4) is 0 Å². The quantitative estimate of drug-likeness (QED) is 0.649. The Morgan fingerprint density at radius 3 is 2.65 bits per heavy atom. The van der Waals surface area contributed by atoms with E-state index < -0.39 is 0 Å². The van der Waals surface area contributed by atoms with Gasteiger partial charge in [-0.3, -0.25) is 4.79 Å². The van der Waals surface area contributed by atoms with Crippen molar-refractivity contribution in [2.24, 2.45) is 0 Å². The van der Waals surface area contributed by atoms with Crippen molar-refractivity contribution in [1.82, 2.24) is 4.98 Å². The summed E-state index contributed by atoms with van der Waals surface area (Å²) in [5, 5.41) is 3.66. The number of pyridine rings is 1. The summed E-state index contributed by atoms with van der Waals surface area (Å²) in [6.45, 7) is 0. The Hall–Kier alpha value is -2.47. The number of ether oxygens (including phenoxy) is 2. The lowest BCUT2D eigenvalue weighted by Gasteiger charge is -2.07. The molecule has 0 aliphatic heterocycles. The van der Waals surface area contributed by atoms with Gasteiger partial charge in [0, 0.05) is 11.6 Å². The van der Waals surface area contributed by atoms with Gasteiger partial charge in [-0.25, -0.2) is 4.98 Å². The van der Waals surface area contributed by atoms with E-state index in [1.165, 1.54) is 6.08 Å². The van der Waals surface area contributed by atoms with E-state index in [2.05, 4.69) is 10.3 Å². The second-order valence-electron chi connectivity index (χ2n) is 4.52. The van der Waals surface area contributed by atoms with Crippen molar-refractivity contribution in [2.75, 3.05) is 25.8 Å². The summed E-state index contributed by atoms with van der Waals surface area (Å²) < 4.78 is 10.4.